The van der Waals surface area contributed by atoms with Gasteiger partial charge in [-0.25, -0.2) is 0 Å². The summed E-state index contributed by atoms with van der Waals surface area (Å²) in [5, 5.41) is 8.48. The third kappa shape index (κ3) is 7.21. The predicted octanol–water partition coefficient (Wildman–Crippen LogP) is 2.40. The number of aliphatic carboxylic acids is 1. The zero-order valence-corrected chi connectivity index (χ0v) is 9.81. The number of rotatable bonds is 9. The lowest BCUT2D eigenvalue weighted by atomic mass is 10.3. The third-order valence-corrected chi connectivity index (χ3v) is 3.17. The number of unbranched alkanes of at least 4 members (excludes halogenated alkanes) is 1. The summed E-state index contributed by atoms with van der Waals surface area (Å²) in [5.74, 6) is 0.0557. The van der Waals surface area contributed by atoms with Gasteiger partial charge in [-0.3, -0.25) is 4.79 Å². The van der Waals surface area contributed by atoms with Gasteiger partial charge in [-0.2, -0.15) is 0 Å². The zero-order valence-electron chi connectivity index (χ0n) is 8.99. The first kappa shape index (κ1) is 13.8. The van der Waals surface area contributed by atoms with Crippen LogP contribution in [-0.4, -0.2) is 35.3 Å². The molecule has 0 saturated heterocycles. The summed E-state index contributed by atoms with van der Waals surface area (Å²) >= 11 is 1.46. The summed E-state index contributed by atoms with van der Waals surface area (Å²) < 4.78 is 5.33. The standard InChI is InChI=1S/C10H20O3S/c1-3-5-6-13-7-8-14-9(4-2)10(11)12/h9H,3-8H2,1-2H3,(H,11,12). The average Bonchev–Trinajstić information content (AvgIpc) is 2.16. The van der Waals surface area contributed by atoms with Gasteiger partial charge in [0, 0.05) is 12.4 Å². The molecule has 1 atom stereocenters. The lowest BCUT2D eigenvalue weighted by Crippen LogP contribution is -2.16. The van der Waals surface area contributed by atoms with Crippen LogP contribution in [0.3, 0.4) is 0 Å². The Kier molecular flexibility index (Phi) is 9.19. The van der Waals surface area contributed by atoms with E-state index in [2.05, 4.69) is 6.92 Å². The van der Waals surface area contributed by atoms with Gasteiger partial charge in [-0.1, -0.05) is 20.3 Å². The third-order valence-electron chi connectivity index (χ3n) is 1.84. The van der Waals surface area contributed by atoms with Gasteiger partial charge in [0.25, 0.3) is 0 Å². The highest BCUT2D eigenvalue weighted by Gasteiger charge is 2.14. The number of ether oxygens (including phenoxy) is 1. The minimum atomic E-state index is -0.717. The van der Waals surface area contributed by atoms with Crippen LogP contribution in [0.25, 0.3) is 0 Å². The zero-order chi connectivity index (χ0) is 10.8. The Morgan fingerprint density at radius 1 is 1.43 bits per heavy atom. The summed E-state index contributed by atoms with van der Waals surface area (Å²) in [6.45, 7) is 5.47. The molecule has 84 valence electrons. The normalized spacial score (nSPS) is 12.7. The molecule has 0 amide bonds. The molecule has 0 spiro atoms. The molecule has 0 aromatic heterocycles. The highest BCUT2D eigenvalue weighted by molar-refractivity contribution is 8.00. The van der Waals surface area contributed by atoms with Crippen LogP contribution in [-0.2, 0) is 9.53 Å². The number of carboxylic acids is 1. The number of carbonyl (C=O) groups is 1. The highest BCUT2D eigenvalue weighted by Crippen LogP contribution is 2.14. The van der Waals surface area contributed by atoms with E-state index in [1.807, 2.05) is 6.92 Å². The van der Waals surface area contributed by atoms with Crippen LogP contribution >= 0.6 is 11.8 Å². The number of hydrogen-bond donors (Lipinski definition) is 1. The van der Waals surface area contributed by atoms with Gasteiger partial charge in [-0.15, -0.1) is 11.8 Å². The molecule has 0 aliphatic rings. The largest absolute Gasteiger partial charge is 0.480 e. The predicted molar refractivity (Wildman–Crippen MR) is 59.9 cm³/mol. The maximum absolute atomic E-state index is 10.6. The Bertz CT molecular complexity index is 150. The van der Waals surface area contributed by atoms with Crippen molar-refractivity contribution in [1.82, 2.24) is 0 Å². The van der Waals surface area contributed by atoms with Crippen LogP contribution in [0.15, 0.2) is 0 Å². The van der Waals surface area contributed by atoms with Crippen LogP contribution < -0.4 is 0 Å². The molecule has 0 aliphatic heterocycles. The summed E-state index contributed by atoms with van der Waals surface area (Å²) in [7, 11) is 0. The monoisotopic (exact) mass is 220 g/mol. The molecule has 0 rings (SSSR count). The van der Waals surface area contributed by atoms with Crippen molar-refractivity contribution in [3.8, 4) is 0 Å². The molecule has 1 N–H and O–H groups in total. The van der Waals surface area contributed by atoms with Gasteiger partial charge >= 0.3 is 5.97 Å². The first-order valence-electron chi connectivity index (χ1n) is 5.14. The summed E-state index contributed by atoms with van der Waals surface area (Å²) in [5.41, 5.74) is 0. The molecule has 0 aromatic carbocycles. The van der Waals surface area contributed by atoms with Crippen molar-refractivity contribution < 1.29 is 14.6 Å². The number of thioether (sulfide) groups is 1. The van der Waals surface area contributed by atoms with Crippen LogP contribution in [0.4, 0.5) is 0 Å². The van der Waals surface area contributed by atoms with Crippen LogP contribution in [0.2, 0.25) is 0 Å². The summed E-state index contributed by atoms with van der Waals surface area (Å²) in [6.07, 6.45) is 2.90. The second-order valence-corrected chi connectivity index (χ2v) is 4.38. The Labute approximate surface area is 90.2 Å². The highest BCUT2D eigenvalue weighted by atomic mass is 32.2. The molecule has 0 saturated carbocycles. The number of carboxylic acid groups (broad SMARTS) is 1. The Morgan fingerprint density at radius 2 is 2.14 bits per heavy atom. The van der Waals surface area contributed by atoms with E-state index >= 15 is 0 Å². The first-order chi connectivity index (χ1) is 6.72. The molecule has 0 aromatic rings. The summed E-state index contributed by atoms with van der Waals surface area (Å²) in [4.78, 5) is 10.6. The van der Waals surface area contributed by atoms with Crippen LogP contribution in [0.1, 0.15) is 33.1 Å². The van der Waals surface area contributed by atoms with E-state index in [1.54, 1.807) is 0 Å². The van der Waals surface area contributed by atoms with Crippen molar-refractivity contribution in [3.63, 3.8) is 0 Å². The van der Waals surface area contributed by atoms with Crippen LogP contribution in [0, 0.1) is 0 Å². The van der Waals surface area contributed by atoms with Crippen LogP contribution in [0.5, 0.6) is 0 Å². The molecule has 14 heavy (non-hydrogen) atoms. The second-order valence-electron chi connectivity index (χ2n) is 3.07. The van der Waals surface area contributed by atoms with E-state index in [-0.39, 0.29) is 5.25 Å². The van der Waals surface area contributed by atoms with Gasteiger partial charge in [0.15, 0.2) is 0 Å². The minimum absolute atomic E-state index is 0.273. The molecule has 0 heterocycles. The second kappa shape index (κ2) is 9.34. The van der Waals surface area contributed by atoms with E-state index < -0.39 is 5.97 Å². The van der Waals surface area contributed by atoms with Gasteiger partial charge in [0.1, 0.15) is 5.25 Å². The fourth-order valence-corrected chi connectivity index (χ4v) is 1.84. The number of hydrogen-bond acceptors (Lipinski definition) is 3. The van der Waals surface area contributed by atoms with E-state index in [4.69, 9.17) is 9.84 Å². The van der Waals surface area contributed by atoms with Gasteiger partial charge in [0.2, 0.25) is 0 Å². The van der Waals surface area contributed by atoms with Crippen molar-refractivity contribution in [1.29, 1.82) is 0 Å². The van der Waals surface area contributed by atoms with Crippen molar-refractivity contribution in [2.24, 2.45) is 0 Å². The molecular formula is C10H20O3S. The van der Waals surface area contributed by atoms with Gasteiger partial charge in [0.05, 0.1) is 6.61 Å². The topological polar surface area (TPSA) is 46.5 Å². The maximum Gasteiger partial charge on any atom is 0.316 e. The van der Waals surface area contributed by atoms with Crippen molar-refractivity contribution in [2.75, 3.05) is 19.0 Å². The Balaban J connectivity index is 3.29. The van der Waals surface area contributed by atoms with E-state index in [0.29, 0.717) is 13.0 Å². The first-order valence-corrected chi connectivity index (χ1v) is 6.19. The van der Waals surface area contributed by atoms with Crippen molar-refractivity contribution in [2.45, 2.75) is 38.4 Å². The van der Waals surface area contributed by atoms with Gasteiger partial charge < -0.3 is 9.84 Å². The quantitative estimate of drug-likeness (QED) is 0.606. The SMILES string of the molecule is CCCCOCCSC(CC)C(=O)O. The summed E-state index contributed by atoms with van der Waals surface area (Å²) in [6, 6.07) is 0. The fraction of sp³-hybridized carbons (Fsp3) is 0.900. The van der Waals surface area contributed by atoms with Crippen molar-refractivity contribution in [3.05, 3.63) is 0 Å². The van der Waals surface area contributed by atoms with E-state index in [9.17, 15) is 4.79 Å². The fourth-order valence-electron chi connectivity index (χ4n) is 0.962. The Hall–Kier alpha value is -0.220. The lowest BCUT2D eigenvalue weighted by molar-refractivity contribution is -0.136. The molecule has 0 bridgehead atoms. The molecule has 0 aliphatic carbocycles. The molecule has 3 nitrogen and oxygen atoms in total. The van der Waals surface area contributed by atoms with Gasteiger partial charge in [-0.05, 0) is 12.8 Å². The van der Waals surface area contributed by atoms with Crippen molar-refractivity contribution >= 4 is 17.7 Å². The average molecular weight is 220 g/mol. The smallest absolute Gasteiger partial charge is 0.316 e. The molecule has 0 fully saturated rings. The lowest BCUT2D eigenvalue weighted by Gasteiger charge is -2.09. The van der Waals surface area contributed by atoms with E-state index in [0.717, 1.165) is 25.2 Å². The minimum Gasteiger partial charge on any atom is -0.480 e. The van der Waals surface area contributed by atoms with E-state index in [1.165, 1.54) is 11.8 Å². The molecular weight excluding hydrogens is 200 g/mol. The molecule has 0 radical (unpaired) electrons. The molecule has 1 unspecified atom stereocenters. The molecule has 4 heteroatoms. The maximum atomic E-state index is 10.6. The Morgan fingerprint density at radius 3 is 2.64 bits per heavy atom.